The van der Waals surface area contributed by atoms with Crippen molar-refractivity contribution in [3.8, 4) is 0 Å². The van der Waals surface area contributed by atoms with Gasteiger partial charge in [-0.15, -0.1) is 0 Å². The van der Waals surface area contributed by atoms with E-state index in [1.807, 2.05) is 0 Å². The van der Waals surface area contributed by atoms with Crippen molar-refractivity contribution in [3.63, 3.8) is 0 Å². The van der Waals surface area contributed by atoms with Crippen LogP contribution in [0.1, 0.15) is 15.9 Å². The van der Waals surface area contributed by atoms with E-state index in [2.05, 4.69) is 5.32 Å². The van der Waals surface area contributed by atoms with Crippen LogP contribution in [-0.4, -0.2) is 15.8 Å². The van der Waals surface area contributed by atoms with Gasteiger partial charge in [-0.25, -0.2) is 0 Å². The van der Waals surface area contributed by atoms with Crippen molar-refractivity contribution in [2.75, 3.05) is 5.32 Å². The number of nitrogens with one attached hydrogen (secondary N) is 1. The summed E-state index contributed by atoms with van der Waals surface area (Å²) in [5.74, 6) is -0.706. The topological polar surface area (TPSA) is 115 Å². The van der Waals surface area contributed by atoms with E-state index < -0.39 is 27.1 Å². The lowest BCUT2D eigenvalue weighted by Gasteiger charge is -2.09. The van der Waals surface area contributed by atoms with Crippen LogP contribution in [0.15, 0.2) is 36.4 Å². The lowest BCUT2D eigenvalue weighted by atomic mass is 10.1. The van der Waals surface area contributed by atoms with E-state index in [0.29, 0.717) is 16.3 Å². The lowest BCUT2D eigenvalue weighted by molar-refractivity contribution is -0.394. The molecule has 0 aromatic heterocycles. The predicted molar refractivity (Wildman–Crippen MR) is 83.9 cm³/mol. The Morgan fingerprint density at radius 2 is 1.65 bits per heavy atom. The number of nitro benzene ring substituents is 2. The van der Waals surface area contributed by atoms with Crippen LogP contribution >= 0.6 is 11.6 Å². The zero-order valence-electron chi connectivity index (χ0n) is 11.8. The number of benzene rings is 2. The average molecular weight is 336 g/mol. The first-order valence-electron chi connectivity index (χ1n) is 6.30. The van der Waals surface area contributed by atoms with Crippen molar-refractivity contribution < 1.29 is 14.6 Å². The molecule has 0 spiro atoms. The molecule has 0 heterocycles. The summed E-state index contributed by atoms with van der Waals surface area (Å²) < 4.78 is 0. The summed E-state index contributed by atoms with van der Waals surface area (Å²) in [6.45, 7) is 1.69. The minimum atomic E-state index is -0.797. The maximum absolute atomic E-state index is 12.2. The summed E-state index contributed by atoms with van der Waals surface area (Å²) in [4.78, 5) is 32.3. The van der Waals surface area contributed by atoms with E-state index in [9.17, 15) is 25.0 Å². The summed E-state index contributed by atoms with van der Waals surface area (Å²) in [7, 11) is 0. The second-order valence-corrected chi connectivity index (χ2v) is 5.03. The van der Waals surface area contributed by atoms with Crippen molar-refractivity contribution in [1.82, 2.24) is 0 Å². The number of hydrogen-bond acceptors (Lipinski definition) is 5. The van der Waals surface area contributed by atoms with E-state index in [1.165, 1.54) is 0 Å². The third kappa shape index (κ3) is 3.61. The molecule has 0 radical (unpaired) electrons. The van der Waals surface area contributed by atoms with E-state index in [0.717, 1.165) is 18.2 Å². The third-order valence-electron chi connectivity index (χ3n) is 3.10. The van der Waals surface area contributed by atoms with Gasteiger partial charge in [-0.1, -0.05) is 17.7 Å². The lowest BCUT2D eigenvalue weighted by Crippen LogP contribution is -2.13. The fourth-order valence-electron chi connectivity index (χ4n) is 1.87. The van der Waals surface area contributed by atoms with Gasteiger partial charge in [-0.05, 0) is 24.6 Å². The molecule has 0 saturated carbocycles. The number of halogens is 1. The normalized spacial score (nSPS) is 10.2. The maximum Gasteiger partial charge on any atom is 0.277 e. The standard InChI is InChI=1S/C14H10ClN3O5/c1-8-12(15)3-2-4-13(8)16-14(19)9-5-10(17(20)21)7-11(6-9)18(22)23/h2-7H,1H3,(H,16,19). The van der Waals surface area contributed by atoms with Crippen LogP contribution < -0.4 is 5.32 Å². The first-order valence-corrected chi connectivity index (χ1v) is 6.67. The van der Waals surface area contributed by atoms with Crippen LogP contribution in [0, 0.1) is 27.2 Å². The van der Waals surface area contributed by atoms with Gasteiger partial charge in [0.2, 0.25) is 0 Å². The molecule has 0 saturated heterocycles. The van der Waals surface area contributed by atoms with Crippen LogP contribution in [0.5, 0.6) is 0 Å². The summed E-state index contributed by atoms with van der Waals surface area (Å²) >= 11 is 5.95. The zero-order valence-corrected chi connectivity index (χ0v) is 12.5. The number of non-ortho nitro benzene ring substituents is 2. The van der Waals surface area contributed by atoms with Crippen LogP contribution in [0.25, 0.3) is 0 Å². The highest BCUT2D eigenvalue weighted by Crippen LogP contribution is 2.26. The predicted octanol–water partition coefficient (Wildman–Crippen LogP) is 3.72. The number of rotatable bonds is 4. The highest BCUT2D eigenvalue weighted by molar-refractivity contribution is 6.31. The fraction of sp³-hybridized carbons (Fsp3) is 0.0714. The average Bonchev–Trinajstić information content (AvgIpc) is 2.51. The molecule has 2 aromatic carbocycles. The molecule has 8 nitrogen and oxygen atoms in total. The van der Waals surface area contributed by atoms with E-state index in [-0.39, 0.29) is 5.56 Å². The summed E-state index contributed by atoms with van der Waals surface area (Å²) in [5, 5.41) is 24.7. The van der Waals surface area contributed by atoms with Crippen molar-refractivity contribution in [3.05, 3.63) is 72.8 Å². The molecule has 0 aliphatic rings. The van der Waals surface area contributed by atoms with Gasteiger partial charge in [-0.2, -0.15) is 0 Å². The Kier molecular flexibility index (Phi) is 4.56. The fourth-order valence-corrected chi connectivity index (χ4v) is 2.05. The van der Waals surface area contributed by atoms with Gasteiger partial charge in [0.15, 0.2) is 0 Å². The van der Waals surface area contributed by atoms with Crippen LogP contribution in [-0.2, 0) is 0 Å². The van der Waals surface area contributed by atoms with Gasteiger partial charge in [-0.3, -0.25) is 25.0 Å². The molecular formula is C14H10ClN3O5. The Balaban J connectivity index is 2.40. The Morgan fingerprint density at radius 1 is 1.09 bits per heavy atom. The molecule has 118 valence electrons. The molecule has 23 heavy (non-hydrogen) atoms. The minimum absolute atomic E-state index is 0.190. The van der Waals surface area contributed by atoms with Crippen molar-refractivity contribution in [1.29, 1.82) is 0 Å². The maximum atomic E-state index is 12.2. The third-order valence-corrected chi connectivity index (χ3v) is 3.51. The van der Waals surface area contributed by atoms with Gasteiger partial charge in [0.05, 0.1) is 21.5 Å². The zero-order chi connectivity index (χ0) is 17.1. The molecule has 2 aromatic rings. The Hall–Kier alpha value is -3.00. The molecule has 0 unspecified atom stereocenters. The quantitative estimate of drug-likeness (QED) is 0.675. The first kappa shape index (κ1) is 16.4. The number of carbonyl (C=O) groups is 1. The number of nitro groups is 2. The Bertz CT molecular complexity index is 790. The van der Waals surface area contributed by atoms with Gasteiger partial charge < -0.3 is 5.32 Å². The number of anilines is 1. The SMILES string of the molecule is Cc1c(Cl)cccc1NC(=O)c1cc([N+](=O)[O-])cc([N+](=O)[O-])c1. The number of carbonyl (C=O) groups excluding carboxylic acids is 1. The van der Waals surface area contributed by atoms with Gasteiger partial charge in [0.1, 0.15) is 0 Å². The molecule has 2 rings (SSSR count). The molecule has 1 N–H and O–H groups in total. The number of nitrogens with zero attached hydrogens (tertiary/aromatic N) is 2. The first-order chi connectivity index (χ1) is 10.8. The minimum Gasteiger partial charge on any atom is -0.322 e. The molecule has 0 aliphatic heterocycles. The Labute approximate surface area is 135 Å². The van der Waals surface area contributed by atoms with Gasteiger partial charge >= 0.3 is 0 Å². The smallest absolute Gasteiger partial charge is 0.277 e. The van der Waals surface area contributed by atoms with E-state index in [1.54, 1.807) is 25.1 Å². The highest BCUT2D eigenvalue weighted by Gasteiger charge is 2.20. The van der Waals surface area contributed by atoms with Crippen LogP contribution in [0.2, 0.25) is 5.02 Å². The largest absolute Gasteiger partial charge is 0.322 e. The summed E-state index contributed by atoms with van der Waals surface area (Å²) in [5.41, 5.74) is -0.233. The van der Waals surface area contributed by atoms with Crippen molar-refractivity contribution in [2.45, 2.75) is 6.92 Å². The molecule has 9 heteroatoms. The number of hydrogen-bond donors (Lipinski definition) is 1. The summed E-state index contributed by atoms with van der Waals surface area (Å²) in [6, 6.07) is 7.61. The molecule has 0 atom stereocenters. The van der Waals surface area contributed by atoms with Gasteiger partial charge in [0.25, 0.3) is 17.3 Å². The molecule has 0 fully saturated rings. The van der Waals surface area contributed by atoms with E-state index >= 15 is 0 Å². The molecule has 0 aliphatic carbocycles. The van der Waals surface area contributed by atoms with E-state index in [4.69, 9.17) is 11.6 Å². The van der Waals surface area contributed by atoms with Crippen molar-refractivity contribution in [2.24, 2.45) is 0 Å². The van der Waals surface area contributed by atoms with Crippen molar-refractivity contribution >= 4 is 34.6 Å². The second kappa shape index (κ2) is 6.41. The van der Waals surface area contributed by atoms with Crippen LogP contribution in [0.3, 0.4) is 0 Å². The molecule has 0 bridgehead atoms. The number of amides is 1. The molecular weight excluding hydrogens is 326 g/mol. The van der Waals surface area contributed by atoms with Gasteiger partial charge in [0, 0.05) is 22.8 Å². The summed E-state index contributed by atoms with van der Waals surface area (Å²) in [6.07, 6.45) is 0. The monoisotopic (exact) mass is 335 g/mol. The second-order valence-electron chi connectivity index (χ2n) is 4.62. The highest BCUT2D eigenvalue weighted by atomic mass is 35.5. The Morgan fingerprint density at radius 3 is 2.17 bits per heavy atom. The molecule has 1 amide bonds. The van der Waals surface area contributed by atoms with Crippen LogP contribution in [0.4, 0.5) is 17.1 Å².